The highest BCUT2D eigenvalue weighted by Crippen LogP contribution is 2.23. The number of rotatable bonds is 6. The van der Waals surface area contributed by atoms with E-state index in [0.717, 1.165) is 6.42 Å². The Hall–Kier alpha value is -1.13. The average molecular weight is 227 g/mol. The van der Waals surface area contributed by atoms with Gasteiger partial charge in [0.25, 0.3) is 0 Å². The van der Waals surface area contributed by atoms with E-state index in [9.17, 15) is 4.39 Å². The first-order chi connectivity index (χ1) is 7.70. The van der Waals surface area contributed by atoms with E-state index in [1.54, 1.807) is 18.2 Å². The highest BCUT2D eigenvalue weighted by molar-refractivity contribution is 5.32. The van der Waals surface area contributed by atoms with Gasteiger partial charge in [0.15, 0.2) is 11.6 Å². The molecule has 3 nitrogen and oxygen atoms in total. The minimum atomic E-state index is -0.457. The van der Waals surface area contributed by atoms with Crippen molar-refractivity contribution in [3.63, 3.8) is 0 Å². The van der Waals surface area contributed by atoms with E-state index in [0.29, 0.717) is 18.8 Å². The molecule has 0 saturated carbocycles. The fourth-order valence-electron chi connectivity index (χ4n) is 1.42. The fourth-order valence-corrected chi connectivity index (χ4v) is 1.42. The lowest BCUT2D eigenvalue weighted by Crippen LogP contribution is -2.19. The maximum absolute atomic E-state index is 13.8. The van der Waals surface area contributed by atoms with Gasteiger partial charge in [0.05, 0.1) is 19.8 Å². The lowest BCUT2D eigenvalue weighted by Gasteiger charge is -2.14. The van der Waals surface area contributed by atoms with E-state index in [2.05, 4.69) is 0 Å². The first kappa shape index (κ1) is 12.9. The molecule has 1 rings (SSSR count). The standard InChI is InChI=1S/C12H18FNO2/c1-3-7-16-8-10(14)9-5-4-6-11(15-2)12(9)13/h4-6,10H,3,7-8,14H2,1-2H3. The molecule has 1 unspecified atom stereocenters. The highest BCUT2D eigenvalue weighted by Gasteiger charge is 2.14. The topological polar surface area (TPSA) is 44.5 Å². The quantitative estimate of drug-likeness (QED) is 0.758. The zero-order chi connectivity index (χ0) is 12.0. The third-order valence-electron chi connectivity index (χ3n) is 2.26. The van der Waals surface area contributed by atoms with Crippen LogP contribution in [0.25, 0.3) is 0 Å². The Morgan fingerprint density at radius 3 is 2.81 bits per heavy atom. The van der Waals surface area contributed by atoms with Crippen molar-refractivity contribution in [2.24, 2.45) is 5.73 Å². The van der Waals surface area contributed by atoms with Gasteiger partial charge in [0.2, 0.25) is 0 Å². The van der Waals surface area contributed by atoms with E-state index in [4.69, 9.17) is 15.2 Å². The number of nitrogens with two attached hydrogens (primary N) is 1. The number of hydrogen-bond donors (Lipinski definition) is 1. The van der Waals surface area contributed by atoms with Crippen LogP contribution in [0.5, 0.6) is 5.75 Å². The summed E-state index contributed by atoms with van der Waals surface area (Å²) in [4.78, 5) is 0. The summed E-state index contributed by atoms with van der Waals surface area (Å²) in [5.74, 6) is -0.193. The summed E-state index contributed by atoms with van der Waals surface area (Å²) < 4.78 is 24.0. The molecule has 0 heterocycles. The summed E-state index contributed by atoms with van der Waals surface area (Å²) in [6.07, 6.45) is 0.924. The van der Waals surface area contributed by atoms with Crippen molar-refractivity contribution in [3.05, 3.63) is 29.6 Å². The first-order valence-electron chi connectivity index (χ1n) is 5.36. The molecule has 0 radical (unpaired) electrons. The first-order valence-corrected chi connectivity index (χ1v) is 5.36. The molecule has 4 heteroatoms. The maximum Gasteiger partial charge on any atom is 0.169 e. The second-order valence-electron chi connectivity index (χ2n) is 3.54. The summed E-state index contributed by atoms with van der Waals surface area (Å²) in [5, 5.41) is 0. The van der Waals surface area contributed by atoms with Crippen LogP contribution >= 0.6 is 0 Å². The summed E-state index contributed by atoms with van der Waals surface area (Å²) in [6, 6.07) is 4.48. The van der Waals surface area contributed by atoms with E-state index in [1.165, 1.54) is 7.11 Å². The molecule has 0 aliphatic carbocycles. The third-order valence-corrected chi connectivity index (χ3v) is 2.26. The molecule has 16 heavy (non-hydrogen) atoms. The maximum atomic E-state index is 13.8. The van der Waals surface area contributed by atoms with Crippen molar-refractivity contribution in [3.8, 4) is 5.75 Å². The van der Waals surface area contributed by atoms with Crippen LogP contribution < -0.4 is 10.5 Å². The third kappa shape index (κ3) is 3.18. The molecule has 0 aromatic heterocycles. The van der Waals surface area contributed by atoms with Gasteiger partial charge in [0.1, 0.15) is 0 Å². The predicted octanol–water partition coefficient (Wildman–Crippen LogP) is 2.26. The van der Waals surface area contributed by atoms with Crippen LogP contribution in [-0.2, 0) is 4.74 Å². The molecular formula is C12H18FNO2. The van der Waals surface area contributed by atoms with E-state index < -0.39 is 11.9 Å². The van der Waals surface area contributed by atoms with Crippen LogP contribution in [0.1, 0.15) is 24.9 Å². The molecule has 1 aromatic carbocycles. The molecule has 0 aliphatic rings. The van der Waals surface area contributed by atoms with Gasteiger partial charge in [0, 0.05) is 12.2 Å². The minimum absolute atomic E-state index is 0.212. The van der Waals surface area contributed by atoms with Crippen LogP contribution in [0, 0.1) is 5.82 Å². The van der Waals surface area contributed by atoms with Crippen molar-refractivity contribution < 1.29 is 13.9 Å². The van der Waals surface area contributed by atoms with Crippen LogP contribution in [0.4, 0.5) is 4.39 Å². The predicted molar refractivity (Wildman–Crippen MR) is 61.0 cm³/mol. The van der Waals surface area contributed by atoms with Crippen molar-refractivity contribution >= 4 is 0 Å². The van der Waals surface area contributed by atoms with Crippen LogP contribution in [0.3, 0.4) is 0 Å². The van der Waals surface area contributed by atoms with Crippen LogP contribution in [-0.4, -0.2) is 20.3 Å². The number of halogens is 1. The molecule has 90 valence electrons. The van der Waals surface area contributed by atoms with Crippen LogP contribution in [0.2, 0.25) is 0 Å². The fraction of sp³-hybridized carbons (Fsp3) is 0.500. The van der Waals surface area contributed by atoms with Crippen molar-refractivity contribution in [1.82, 2.24) is 0 Å². The van der Waals surface area contributed by atoms with Gasteiger partial charge in [-0.15, -0.1) is 0 Å². The van der Waals surface area contributed by atoms with Crippen molar-refractivity contribution in [1.29, 1.82) is 0 Å². The lowest BCUT2D eigenvalue weighted by molar-refractivity contribution is 0.120. The van der Waals surface area contributed by atoms with Gasteiger partial charge in [-0.3, -0.25) is 0 Å². The van der Waals surface area contributed by atoms with Gasteiger partial charge in [-0.1, -0.05) is 19.1 Å². The smallest absolute Gasteiger partial charge is 0.169 e. The molecule has 0 saturated heterocycles. The van der Waals surface area contributed by atoms with Gasteiger partial charge in [-0.25, -0.2) is 4.39 Å². The molecule has 1 aromatic rings. The molecule has 0 spiro atoms. The Balaban J connectivity index is 2.71. The number of hydrogen-bond acceptors (Lipinski definition) is 3. The SMILES string of the molecule is CCCOCC(N)c1cccc(OC)c1F. The second-order valence-corrected chi connectivity index (χ2v) is 3.54. The average Bonchev–Trinajstić information content (AvgIpc) is 2.29. The summed E-state index contributed by atoms with van der Waals surface area (Å²) in [6.45, 7) is 2.97. The number of methoxy groups -OCH3 is 1. The Kier molecular flexibility index (Phi) is 5.22. The van der Waals surface area contributed by atoms with Gasteiger partial charge < -0.3 is 15.2 Å². The molecule has 2 N–H and O–H groups in total. The molecule has 0 bridgehead atoms. The van der Waals surface area contributed by atoms with E-state index in [-0.39, 0.29) is 5.75 Å². The van der Waals surface area contributed by atoms with E-state index in [1.807, 2.05) is 6.92 Å². The number of benzene rings is 1. The Morgan fingerprint density at radius 1 is 1.44 bits per heavy atom. The van der Waals surface area contributed by atoms with Crippen molar-refractivity contribution in [2.45, 2.75) is 19.4 Å². The molecule has 1 atom stereocenters. The summed E-state index contributed by atoms with van der Waals surface area (Å²) in [7, 11) is 1.43. The Labute approximate surface area is 95.4 Å². The second kappa shape index (κ2) is 6.45. The molecule has 0 fully saturated rings. The largest absolute Gasteiger partial charge is 0.494 e. The number of ether oxygens (including phenoxy) is 2. The molecule has 0 aliphatic heterocycles. The Bertz CT molecular complexity index is 331. The summed E-state index contributed by atoms with van der Waals surface area (Å²) in [5.41, 5.74) is 6.27. The zero-order valence-corrected chi connectivity index (χ0v) is 9.70. The lowest BCUT2D eigenvalue weighted by atomic mass is 10.1. The molecular weight excluding hydrogens is 209 g/mol. The Morgan fingerprint density at radius 2 is 2.19 bits per heavy atom. The van der Waals surface area contributed by atoms with Gasteiger partial charge in [-0.2, -0.15) is 0 Å². The zero-order valence-electron chi connectivity index (χ0n) is 9.70. The van der Waals surface area contributed by atoms with E-state index >= 15 is 0 Å². The molecule has 0 amide bonds. The van der Waals surface area contributed by atoms with Crippen LogP contribution in [0.15, 0.2) is 18.2 Å². The van der Waals surface area contributed by atoms with Gasteiger partial charge >= 0.3 is 0 Å². The normalized spacial score (nSPS) is 12.5. The van der Waals surface area contributed by atoms with Crippen molar-refractivity contribution in [2.75, 3.05) is 20.3 Å². The minimum Gasteiger partial charge on any atom is -0.494 e. The highest BCUT2D eigenvalue weighted by atomic mass is 19.1. The monoisotopic (exact) mass is 227 g/mol. The van der Waals surface area contributed by atoms with Gasteiger partial charge in [-0.05, 0) is 12.5 Å². The summed E-state index contributed by atoms with van der Waals surface area (Å²) >= 11 is 0.